The fraction of sp³-hybridized carbons (Fsp3) is 0.722. The molecule has 1 aliphatic carbocycles. The Hall–Kier alpha value is -2.45. The Morgan fingerprint density at radius 3 is 2.11 bits per heavy atom. The van der Waals surface area contributed by atoms with Crippen molar-refractivity contribution in [3.63, 3.8) is 0 Å². The first-order valence-corrected chi connectivity index (χ1v) is 9.17. The zero-order valence-corrected chi connectivity index (χ0v) is 16.2. The molecule has 150 valence electrons. The second-order valence-corrected chi connectivity index (χ2v) is 8.08. The monoisotopic (exact) mass is 381 g/mol. The van der Waals surface area contributed by atoms with Crippen LogP contribution in [0.5, 0.6) is 0 Å². The van der Waals surface area contributed by atoms with E-state index in [0.717, 1.165) is 17.7 Å². The fourth-order valence-corrected chi connectivity index (χ4v) is 3.47. The molecule has 0 bridgehead atoms. The molecule has 1 heterocycles. The summed E-state index contributed by atoms with van der Waals surface area (Å²) in [6.45, 7) is 5.98. The van der Waals surface area contributed by atoms with Gasteiger partial charge in [0, 0.05) is 5.54 Å². The summed E-state index contributed by atoms with van der Waals surface area (Å²) in [6.07, 6.45) is 3.09. The molecule has 0 unspecified atom stereocenters. The van der Waals surface area contributed by atoms with Gasteiger partial charge in [0.15, 0.2) is 6.61 Å². The van der Waals surface area contributed by atoms with Gasteiger partial charge in [-0.1, -0.05) is 12.8 Å². The molecule has 1 saturated heterocycles. The topological polar surface area (TPSA) is 122 Å². The largest absolute Gasteiger partial charge is 0.454 e. The number of urea groups is 1. The van der Waals surface area contributed by atoms with Gasteiger partial charge in [-0.2, -0.15) is 0 Å². The molecular formula is C18H27N3O6. The predicted molar refractivity (Wildman–Crippen MR) is 94.1 cm³/mol. The van der Waals surface area contributed by atoms with Crippen molar-refractivity contribution in [2.24, 2.45) is 11.8 Å². The Kier molecular flexibility index (Phi) is 6.22. The first-order chi connectivity index (χ1) is 12.5. The van der Waals surface area contributed by atoms with E-state index in [0.29, 0.717) is 12.8 Å². The van der Waals surface area contributed by atoms with Crippen LogP contribution in [0, 0.1) is 11.8 Å². The van der Waals surface area contributed by atoms with Crippen LogP contribution in [-0.2, 0) is 23.9 Å². The lowest BCUT2D eigenvalue weighted by atomic mass is 9.81. The standard InChI is InChI=1S/C18H27N3O6/c1-10(21-14(23)11-7-5-6-8-12(11)15(21)24)16(25)27-9-13(22)19-17(26)20-18(2,3)4/h10-12H,5-9H2,1-4H3,(H2,19,20,22,26)/t10-,11-,12-/m0/s1. The lowest BCUT2D eigenvalue weighted by molar-refractivity contribution is -0.159. The summed E-state index contributed by atoms with van der Waals surface area (Å²) in [5.74, 6) is -3.06. The minimum absolute atomic E-state index is 0.344. The molecule has 2 N–H and O–H groups in total. The number of carbonyl (C=O) groups is 5. The van der Waals surface area contributed by atoms with Gasteiger partial charge in [0.25, 0.3) is 5.91 Å². The number of fused-ring (bicyclic) bond motifs is 1. The van der Waals surface area contributed by atoms with Crippen molar-refractivity contribution in [1.29, 1.82) is 0 Å². The molecular weight excluding hydrogens is 354 g/mol. The van der Waals surface area contributed by atoms with Crippen LogP contribution in [0.25, 0.3) is 0 Å². The highest BCUT2D eigenvalue weighted by Crippen LogP contribution is 2.38. The number of hydrogen-bond donors (Lipinski definition) is 2. The average Bonchev–Trinajstić information content (AvgIpc) is 2.82. The van der Waals surface area contributed by atoms with Gasteiger partial charge in [-0.25, -0.2) is 9.59 Å². The van der Waals surface area contributed by atoms with E-state index in [1.165, 1.54) is 6.92 Å². The third kappa shape index (κ3) is 5.05. The Morgan fingerprint density at radius 1 is 1.11 bits per heavy atom. The number of ether oxygens (including phenoxy) is 1. The van der Waals surface area contributed by atoms with Crippen molar-refractivity contribution < 1.29 is 28.7 Å². The number of carbonyl (C=O) groups excluding carboxylic acids is 5. The Morgan fingerprint density at radius 2 is 1.63 bits per heavy atom. The predicted octanol–water partition coefficient (Wildman–Crippen LogP) is 0.718. The number of amides is 5. The first kappa shape index (κ1) is 20.9. The second kappa shape index (κ2) is 8.06. The van der Waals surface area contributed by atoms with E-state index in [-0.39, 0.29) is 23.7 Å². The molecule has 3 atom stereocenters. The maximum atomic E-state index is 12.5. The summed E-state index contributed by atoms with van der Waals surface area (Å²) < 4.78 is 4.88. The summed E-state index contributed by atoms with van der Waals surface area (Å²) in [6, 6.07) is -1.81. The number of imide groups is 2. The molecule has 0 spiro atoms. The van der Waals surface area contributed by atoms with Crippen molar-refractivity contribution in [1.82, 2.24) is 15.5 Å². The minimum Gasteiger partial charge on any atom is -0.454 e. The lowest BCUT2D eigenvalue weighted by Gasteiger charge is -2.22. The van der Waals surface area contributed by atoms with Gasteiger partial charge in [0.2, 0.25) is 11.8 Å². The van der Waals surface area contributed by atoms with Gasteiger partial charge < -0.3 is 10.1 Å². The molecule has 2 rings (SSSR count). The first-order valence-electron chi connectivity index (χ1n) is 9.17. The van der Waals surface area contributed by atoms with Gasteiger partial charge >= 0.3 is 12.0 Å². The summed E-state index contributed by atoms with van der Waals surface area (Å²) in [7, 11) is 0. The quantitative estimate of drug-likeness (QED) is 0.546. The van der Waals surface area contributed by atoms with E-state index >= 15 is 0 Å². The number of nitrogens with one attached hydrogen (secondary N) is 2. The van der Waals surface area contributed by atoms with Crippen LogP contribution < -0.4 is 10.6 Å². The number of nitrogens with zero attached hydrogens (tertiary/aromatic N) is 1. The van der Waals surface area contributed by atoms with Crippen molar-refractivity contribution in [2.45, 2.75) is 65.0 Å². The van der Waals surface area contributed by atoms with Crippen LogP contribution in [-0.4, -0.2) is 52.8 Å². The van der Waals surface area contributed by atoms with Crippen molar-refractivity contribution >= 4 is 29.7 Å². The van der Waals surface area contributed by atoms with Crippen LogP contribution >= 0.6 is 0 Å². The SMILES string of the molecule is C[C@@H](C(=O)OCC(=O)NC(=O)NC(C)(C)C)N1C(=O)[C@H]2CCCC[C@@H]2C1=O. The average molecular weight is 381 g/mol. The zero-order chi connectivity index (χ0) is 20.4. The van der Waals surface area contributed by atoms with Gasteiger partial charge in [-0.05, 0) is 40.5 Å². The summed E-state index contributed by atoms with van der Waals surface area (Å²) in [5, 5.41) is 4.58. The molecule has 0 radical (unpaired) electrons. The van der Waals surface area contributed by atoms with Crippen molar-refractivity contribution in [3.05, 3.63) is 0 Å². The number of hydrogen-bond acceptors (Lipinski definition) is 6. The number of likely N-dealkylation sites (tertiary alicyclic amines) is 1. The van der Waals surface area contributed by atoms with E-state index in [2.05, 4.69) is 5.32 Å². The number of esters is 1. The molecule has 9 heteroatoms. The molecule has 9 nitrogen and oxygen atoms in total. The van der Waals surface area contributed by atoms with Gasteiger partial charge in [0.1, 0.15) is 6.04 Å². The van der Waals surface area contributed by atoms with Crippen LogP contribution in [0.15, 0.2) is 0 Å². The van der Waals surface area contributed by atoms with Gasteiger partial charge in [0.05, 0.1) is 11.8 Å². The highest BCUT2D eigenvalue weighted by molar-refractivity contribution is 6.08. The van der Waals surface area contributed by atoms with Gasteiger partial charge in [-0.3, -0.25) is 24.6 Å². The molecule has 27 heavy (non-hydrogen) atoms. The van der Waals surface area contributed by atoms with E-state index in [4.69, 9.17) is 4.74 Å². The molecule has 2 fully saturated rings. The maximum absolute atomic E-state index is 12.5. The Bertz CT molecular complexity index is 630. The summed E-state index contributed by atoms with van der Waals surface area (Å²) in [5.41, 5.74) is -0.525. The van der Waals surface area contributed by atoms with Crippen molar-refractivity contribution in [3.8, 4) is 0 Å². The van der Waals surface area contributed by atoms with E-state index in [1.54, 1.807) is 20.8 Å². The van der Waals surface area contributed by atoms with Crippen molar-refractivity contribution in [2.75, 3.05) is 6.61 Å². The highest BCUT2D eigenvalue weighted by atomic mass is 16.5. The van der Waals surface area contributed by atoms with Crippen LogP contribution in [0.4, 0.5) is 4.79 Å². The van der Waals surface area contributed by atoms with Crippen LogP contribution in [0.2, 0.25) is 0 Å². The number of rotatable bonds is 4. The van der Waals surface area contributed by atoms with E-state index < -0.39 is 36.1 Å². The Labute approximate surface area is 158 Å². The minimum atomic E-state index is -1.10. The van der Waals surface area contributed by atoms with E-state index in [1.807, 2.05) is 5.32 Å². The van der Waals surface area contributed by atoms with Crippen LogP contribution in [0.1, 0.15) is 53.4 Å². The van der Waals surface area contributed by atoms with Gasteiger partial charge in [-0.15, -0.1) is 0 Å². The summed E-state index contributed by atoms with van der Waals surface area (Å²) in [4.78, 5) is 61.4. The molecule has 5 amide bonds. The molecule has 1 aliphatic heterocycles. The third-order valence-corrected chi connectivity index (χ3v) is 4.69. The third-order valence-electron chi connectivity index (χ3n) is 4.69. The van der Waals surface area contributed by atoms with E-state index in [9.17, 15) is 24.0 Å². The molecule has 1 saturated carbocycles. The molecule has 0 aromatic rings. The Balaban J connectivity index is 1.87. The summed E-state index contributed by atoms with van der Waals surface area (Å²) >= 11 is 0. The highest BCUT2D eigenvalue weighted by Gasteiger charge is 2.51. The lowest BCUT2D eigenvalue weighted by Crippen LogP contribution is -2.49. The van der Waals surface area contributed by atoms with Crippen LogP contribution in [0.3, 0.4) is 0 Å². The molecule has 0 aromatic carbocycles. The molecule has 2 aliphatic rings. The fourth-order valence-electron chi connectivity index (χ4n) is 3.47. The zero-order valence-electron chi connectivity index (χ0n) is 16.2. The second-order valence-electron chi connectivity index (χ2n) is 8.08. The smallest absolute Gasteiger partial charge is 0.329 e. The molecule has 0 aromatic heterocycles. The normalized spacial score (nSPS) is 23.5. The maximum Gasteiger partial charge on any atom is 0.329 e.